The van der Waals surface area contributed by atoms with E-state index in [9.17, 15) is 19.2 Å². The molecule has 4 aromatic carbocycles. The molecule has 0 saturated carbocycles. The van der Waals surface area contributed by atoms with Gasteiger partial charge < -0.3 is 5.11 Å². The van der Waals surface area contributed by atoms with Crippen molar-refractivity contribution in [2.75, 3.05) is 0 Å². The number of benzene rings is 4. The van der Waals surface area contributed by atoms with E-state index in [0.29, 0.717) is 27.8 Å². The van der Waals surface area contributed by atoms with Gasteiger partial charge in [0.1, 0.15) is 0 Å². The van der Waals surface area contributed by atoms with E-state index in [4.69, 9.17) is 22.6 Å². The summed E-state index contributed by atoms with van der Waals surface area (Å²) in [5.74, 6) is -1.63. The number of halogens is 4. The number of fused-ring (bicyclic) bond motifs is 2. The summed E-state index contributed by atoms with van der Waals surface area (Å²) < 4.78 is 34.7. The van der Waals surface area contributed by atoms with Gasteiger partial charge in [0.05, 0.1) is 5.56 Å². The number of carbonyl (C=O) groups is 4. The molecule has 14 heteroatoms. The van der Waals surface area contributed by atoms with Crippen molar-refractivity contribution in [1.82, 2.24) is 0 Å². The summed E-state index contributed by atoms with van der Waals surface area (Å²) in [6.45, 7) is 8.00. The number of carboxylic acid groups (broad SMARTS) is 1. The van der Waals surface area contributed by atoms with Gasteiger partial charge >= 0.3 is 16.4 Å². The van der Waals surface area contributed by atoms with Gasteiger partial charge in [-0.1, -0.05) is 70.2 Å². The lowest BCUT2D eigenvalue weighted by atomic mass is 9.84. The van der Waals surface area contributed by atoms with Crippen molar-refractivity contribution < 1.29 is 41.8 Å². The predicted octanol–water partition coefficient (Wildman–Crippen LogP) is 9.53. The Hall–Kier alpha value is -2.85. The SMILES string of the molecule is CC.CC.O=C(O)c1ccccc1C(=O)c1ccc(Br)c(Br)c1.O=C1c2ccccc2C(=O)c2cc(Br)c(Br)cc21.O=S(=O)(O)O. The van der Waals surface area contributed by atoms with Crippen molar-refractivity contribution in [2.24, 2.45) is 0 Å². The average Bonchev–Trinajstić information content (AvgIpc) is 3.03. The second kappa shape index (κ2) is 19.1. The molecule has 1 aliphatic rings. The minimum absolute atomic E-state index is 0.00606. The first-order valence-corrected chi connectivity index (χ1v) is 17.9. The van der Waals surface area contributed by atoms with Gasteiger partial charge in [-0.2, -0.15) is 8.42 Å². The fourth-order valence-electron chi connectivity index (χ4n) is 3.75. The van der Waals surface area contributed by atoms with Crippen molar-refractivity contribution in [3.8, 4) is 0 Å². The van der Waals surface area contributed by atoms with Gasteiger partial charge in [0.2, 0.25) is 0 Å². The van der Waals surface area contributed by atoms with E-state index in [1.54, 1.807) is 66.7 Å². The molecule has 9 nitrogen and oxygen atoms in total. The molecule has 0 bridgehead atoms. The number of hydrogen-bond donors (Lipinski definition) is 3. The minimum Gasteiger partial charge on any atom is -0.478 e. The van der Waals surface area contributed by atoms with Gasteiger partial charge in [-0.05, 0) is 100 Å². The van der Waals surface area contributed by atoms with E-state index in [0.717, 1.165) is 17.9 Å². The Labute approximate surface area is 300 Å². The highest BCUT2D eigenvalue weighted by Crippen LogP contribution is 2.33. The first-order valence-electron chi connectivity index (χ1n) is 13.3. The van der Waals surface area contributed by atoms with Gasteiger partial charge in [0.25, 0.3) is 0 Å². The normalized spacial score (nSPS) is 10.9. The van der Waals surface area contributed by atoms with Gasteiger partial charge in [0, 0.05) is 51.3 Å². The maximum atomic E-state index is 12.3. The van der Waals surface area contributed by atoms with Crippen LogP contribution in [0.5, 0.6) is 0 Å². The van der Waals surface area contributed by atoms with E-state index >= 15 is 0 Å². The molecular formula is C32H28Br4O9S. The van der Waals surface area contributed by atoms with E-state index in [-0.39, 0.29) is 28.5 Å². The van der Waals surface area contributed by atoms with Crippen molar-refractivity contribution in [1.29, 1.82) is 0 Å². The first-order chi connectivity index (χ1) is 21.6. The van der Waals surface area contributed by atoms with Crippen molar-refractivity contribution >= 4 is 97.4 Å². The zero-order valence-corrected chi connectivity index (χ0v) is 31.9. The lowest BCUT2D eigenvalue weighted by Crippen LogP contribution is -2.20. The maximum absolute atomic E-state index is 12.3. The summed E-state index contributed by atoms with van der Waals surface area (Å²) in [5.41, 5.74) is 2.48. The van der Waals surface area contributed by atoms with Crippen LogP contribution in [0.25, 0.3) is 0 Å². The average molecular weight is 908 g/mol. The third-order valence-electron chi connectivity index (χ3n) is 5.55. The Kier molecular flexibility index (Phi) is 17.1. The van der Waals surface area contributed by atoms with Gasteiger partial charge in [-0.3, -0.25) is 23.5 Å². The number of rotatable bonds is 3. The predicted molar refractivity (Wildman–Crippen MR) is 191 cm³/mol. The van der Waals surface area contributed by atoms with Crippen LogP contribution >= 0.6 is 63.7 Å². The summed E-state index contributed by atoms with van der Waals surface area (Å²) in [6, 6.07) is 21.5. The van der Waals surface area contributed by atoms with Gasteiger partial charge in [-0.15, -0.1) is 0 Å². The number of aromatic carboxylic acids is 1. The molecule has 0 unspecified atom stereocenters. The van der Waals surface area contributed by atoms with Crippen LogP contribution in [0.3, 0.4) is 0 Å². The van der Waals surface area contributed by atoms with Crippen LogP contribution in [-0.2, 0) is 10.4 Å². The largest absolute Gasteiger partial charge is 0.478 e. The molecule has 0 amide bonds. The molecule has 5 rings (SSSR count). The lowest BCUT2D eigenvalue weighted by Gasteiger charge is -2.17. The number of carbonyl (C=O) groups excluding carboxylic acids is 3. The minimum atomic E-state index is -4.67. The molecule has 46 heavy (non-hydrogen) atoms. The number of ketones is 3. The summed E-state index contributed by atoms with van der Waals surface area (Å²) in [4.78, 5) is 48.1. The van der Waals surface area contributed by atoms with Crippen LogP contribution in [0.4, 0.5) is 0 Å². The molecule has 1 aliphatic carbocycles. The Balaban J connectivity index is 0.000000368. The molecular weight excluding hydrogens is 880 g/mol. The third kappa shape index (κ3) is 11.4. The summed E-state index contributed by atoms with van der Waals surface area (Å²) in [5, 5.41) is 9.09. The smallest absolute Gasteiger partial charge is 0.394 e. The Morgan fingerprint density at radius 3 is 1.33 bits per heavy atom. The van der Waals surface area contributed by atoms with E-state index < -0.39 is 16.4 Å². The molecule has 244 valence electrons. The molecule has 0 aliphatic heterocycles. The number of hydrogen-bond acceptors (Lipinski definition) is 6. The van der Waals surface area contributed by atoms with E-state index in [1.807, 2.05) is 27.7 Å². The van der Waals surface area contributed by atoms with E-state index in [1.165, 1.54) is 12.1 Å². The molecule has 3 N–H and O–H groups in total. The zero-order valence-electron chi connectivity index (χ0n) is 24.7. The second-order valence-electron chi connectivity index (χ2n) is 8.27. The second-order valence-corrected chi connectivity index (χ2v) is 12.6. The molecule has 0 spiro atoms. The first kappa shape index (κ1) is 41.2. The molecule has 4 aromatic rings. The fourth-order valence-corrected chi connectivity index (χ4v) is 5.06. The Morgan fingerprint density at radius 2 is 0.935 bits per heavy atom. The quantitative estimate of drug-likeness (QED) is 0.118. The molecule has 0 radical (unpaired) electrons. The van der Waals surface area contributed by atoms with Crippen LogP contribution in [0.15, 0.2) is 96.8 Å². The maximum Gasteiger partial charge on any atom is 0.394 e. The molecule has 0 fully saturated rings. The Morgan fingerprint density at radius 1 is 0.565 bits per heavy atom. The highest BCUT2D eigenvalue weighted by Gasteiger charge is 2.30. The monoisotopic (exact) mass is 904 g/mol. The molecule has 0 saturated heterocycles. The topological polar surface area (TPSA) is 163 Å². The van der Waals surface area contributed by atoms with Crippen LogP contribution in [-0.4, -0.2) is 45.9 Å². The van der Waals surface area contributed by atoms with Gasteiger partial charge in [-0.25, -0.2) is 4.79 Å². The zero-order chi connectivity index (χ0) is 35.4. The highest BCUT2D eigenvalue weighted by molar-refractivity contribution is 9.13. The van der Waals surface area contributed by atoms with Crippen molar-refractivity contribution in [2.45, 2.75) is 27.7 Å². The summed E-state index contributed by atoms with van der Waals surface area (Å²) >= 11 is 13.3. The lowest BCUT2D eigenvalue weighted by molar-refractivity contribution is 0.0692. The standard InChI is InChI=1S/C14H8Br2O3.C14H6Br2O2.2C2H6.H2O4S/c15-11-6-5-8(7-12(11)16)13(17)9-3-1-2-4-10(9)14(18)19;15-11-5-9-10(6-12(11)16)14(18)8-4-2-1-3-7(8)13(9)17;2*1-2;1-5(2,3)4/h1-7H,(H,18,19);1-6H;2*1-2H3;(H2,1,2,3,4). The fraction of sp³-hybridized carbons (Fsp3) is 0.125. The van der Waals surface area contributed by atoms with Crippen molar-refractivity contribution in [3.63, 3.8) is 0 Å². The van der Waals surface area contributed by atoms with Gasteiger partial charge in [0.15, 0.2) is 17.3 Å². The van der Waals surface area contributed by atoms with Crippen LogP contribution < -0.4 is 0 Å². The van der Waals surface area contributed by atoms with Crippen LogP contribution in [0.1, 0.15) is 85.8 Å². The van der Waals surface area contributed by atoms with E-state index in [2.05, 4.69) is 63.7 Å². The summed E-state index contributed by atoms with van der Waals surface area (Å²) in [6.07, 6.45) is 0. The highest BCUT2D eigenvalue weighted by atomic mass is 79.9. The molecule has 0 heterocycles. The molecule has 0 aromatic heterocycles. The summed E-state index contributed by atoms with van der Waals surface area (Å²) in [7, 11) is -4.67. The van der Waals surface area contributed by atoms with Crippen LogP contribution in [0.2, 0.25) is 0 Å². The Bertz CT molecular complexity index is 1790. The molecule has 0 atom stereocenters. The van der Waals surface area contributed by atoms with Crippen LogP contribution in [0, 0.1) is 0 Å². The third-order valence-corrected chi connectivity index (χ3v) is 9.27. The number of carboxylic acids is 1. The van der Waals surface area contributed by atoms with Crippen molar-refractivity contribution in [3.05, 3.63) is 136 Å².